The zero-order valence-electron chi connectivity index (χ0n) is 10.3. The van der Waals surface area contributed by atoms with Gasteiger partial charge in [0.25, 0.3) is 5.91 Å². The first kappa shape index (κ1) is 12.9. The van der Waals surface area contributed by atoms with Gasteiger partial charge in [-0.1, -0.05) is 0 Å². The molecule has 98 valence electrons. The maximum absolute atomic E-state index is 12.4. The van der Waals surface area contributed by atoms with Crippen molar-refractivity contribution in [2.45, 2.75) is 25.3 Å². The van der Waals surface area contributed by atoms with Crippen LogP contribution in [-0.2, 0) is 4.79 Å². The van der Waals surface area contributed by atoms with E-state index < -0.39 is 0 Å². The van der Waals surface area contributed by atoms with E-state index in [0.717, 1.165) is 19.3 Å². The van der Waals surface area contributed by atoms with Crippen molar-refractivity contribution in [3.63, 3.8) is 0 Å². The Hall–Kier alpha value is -1.56. The van der Waals surface area contributed by atoms with Crippen molar-refractivity contribution < 1.29 is 9.59 Å². The lowest BCUT2D eigenvalue weighted by Crippen LogP contribution is -2.51. The second kappa shape index (κ2) is 5.39. The minimum absolute atomic E-state index is 0.0989. The van der Waals surface area contributed by atoms with Gasteiger partial charge in [-0.2, -0.15) is 0 Å². The van der Waals surface area contributed by atoms with E-state index in [1.807, 2.05) is 0 Å². The third-order valence-electron chi connectivity index (χ3n) is 3.20. The smallest absolute Gasteiger partial charge is 0.266 e. The number of carbonyl (C=O) groups excluding carboxylic acids is 2. The molecule has 1 saturated heterocycles. The number of thiophene rings is 1. The van der Waals surface area contributed by atoms with Crippen LogP contribution in [0.25, 0.3) is 0 Å². The number of nitrogens with zero attached hydrogens (tertiary/aromatic N) is 1. The summed E-state index contributed by atoms with van der Waals surface area (Å²) in [6.07, 6.45) is 2.63. The molecule has 6 heteroatoms. The van der Waals surface area contributed by atoms with E-state index >= 15 is 0 Å². The number of nitrogens with two attached hydrogens (primary N) is 1. The molecule has 2 heterocycles. The van der Waals surface area contributed by atoms with Gasteiger partial charge >= 0.3 is 0 Å². The minimum atomic E-state index is -0.363. The number of likely N-dealkylation sites (tertiary alicyclic amines) is 1. The van der Waals surface area contributed by atoms with Gasteiger partial charge in [0.15, 0.2) is 0 Å². The Morgan fingerprint density at radius 1 is 1.50 bits per heavy atom. The Morgan fingerprint density at radius 2 is 2.28 bits per heavy atom. The fourth-order valence-corrected chi connectivity index (χ4v) is 3.01. The first-order chi connectivity index (χ1) is 8.65. The second-order valence-corrected chi connectivity index (χ2v) is 5.25. The number of piperidine rings is 1. The van der Waals surface area contributed by atoms with Crippen LogP contribution in [0.3, 0.4) is 0 Å². The van der Waals surface area contributed by atoms with Gasteiger partial charge in [0.2, 0.25) is 5.91 Å². The normalized spacial score (nSPS) is 19.6. The average molecular weight is 267 g/mol. The lowest BCUT2D eigenvalue weighted by Gasteiger charge is -2.34. The summed E-state index contributed by atoms with van der Waals surface area (Å²) < 4.78 is 0. The van der Waals surface area contributed by atoms with E-state index in [-0.39, 0.29) is 17.9 Å². The molecule has 0 bridgehead atoms. The minimum Gasteiger partial charge on any atom is -0.397 e. The summed E-state index contributed by atoms with van der Waals surface area (Å²) in [5, 5.41) is 4.41. The molecule has 1 atom stereocenters. The molecule has 1 aliphatic rings. The van der Waals surface area contributed by atoms with E-state index in [1.54, 1.807) is 23.4 Å². The van der Waals surface area contributed by atoms with Crippen molar-refractivity contribution in [2.24, 2.45) is 0 Å². The molecule has 0 radical (unpaired) electrons. The molecule has 18 heavy (non-hydrogen) atoms. The first-order valence-electron chi connectivity index (χ1n) is 6.00. The van der Waals surface area contributed by atoms with Crippen LogP contribution in [0.4, 0.5) is 5.69 Å². The monoisotopic (exact) mass is 267 g/mol. The van der Waals surface area contributed by atoms with Crippen molar-refractivity contribution in [1.82, 2.24) is 10.2 Å². The third kappa shape index (κ3) is 2.33. The molecule has 2 amide bonds. The van der Waals surface area contributed by atoms with E-state index in [4.69, 9.17) is 5.73 Å². The van der Waals surface area contributed by atoms with Crippen molar-refractivity contribution in [3.8, 4) is 0 Å². The summed E-state index contributed by atoms with van der Waals surface area (Å²) in [6, 6.07) is 1.36. The van der Waals surface area contributed by atoms with Crippen LogP contribution in [0.5, 0.6) is 0 Å². The molecule has 3 N–H and O–H groups in total. The SMILES string of the molecule is CNC(=O)C1CCCCN1C(=O)c1sccc1N. The maximum atomic E-state index is 12.4. The molecule has 0 spiro atoms. The standard InChI is InChI=1S/C12H17N3O2S/c1-14-11(16)9-4-2-3-6-15(9)12(17)10-8(13)5-7-18-10/h5,7,9H,2-4,6,13H2,1H3,(H,14,16). The predicted octanol–water partition coefficient (Wildman–Crippen LogP) is 1.07. The van der Waals surface area contributed by atoms with Gasteiger partial charge in [0.1, 0.15) is 10.9 Å². The topological polar surface area (TPSA) is 75.4 Å². The number of rotatable bonds is 2. The summed E-state index contributed by atoms with van der Waals surface area (Å²) in [6.45, 7) is 0.619. The molecule has 5 nitrogen and oxygen atoms in total. The molecule has 0 aliphatic carbocycles. The van der Waals surface area contributed by atoms with Crippen LogP contribution in [0.2, 0.25) is 0 Å². The molecule has 0 saturated carbocycles. The second-order valence-electron chi connectivity index (χ2n) is 4.33. The highest BCUT2D eigenvalue weighted by Gasteiger charge is 2.33. The number of anilines is 1. The fraction of sp³-hybridized carbons (Fsp3) is 0.500. The van der Waals surface area contributed by atoms with Crippen LogP contribution < -0.4 is 11.1 Å². The summed E-state index contributed by atoms with van der Waals surface area (Å²) >= 11 is 1.32. The van der Waals surface area contributed by atoms with Crippen LogP contribution in [0, 0.1) is 0 Å². The van der Waals surface area contributed by atoms with Gasteiger partial charge in [-0.3, -0.25) is 9.59 Å². The molecule has 1 aliphatic heterocycles. The highest BCUT2D eigenvalue weighted by Crippen LogP contribution is 2.25. The number of likely N-dealkylation sites (N-methyl/N-ethyl adjacent to an activating group) is 1. The Bertz CT molecular complexity index is 458. The van der Waals surface area contributed by atoms with Gasteiger partial charge in [-0.05, 0) is 30.7 Å². The molecule has 0 aromatic carbocycles. The summed E-state index contributed by atoms with van der Waals surface area (Å²) in [7, 11) is 1.60. The van der Waals surface area contributed by atoms with Crippen molar-refractivity contribution in [1.29, 1.82) is 0 Å². The summed E-state index contributed by atoms with van der Waals surface area (Å²) in [5.74, 6) is -0.228. The fourth-order valence-electron chi connectivity index (χ4n) is 2.24. The average Bonchev–Trinajstić information content (AvgIpc) is 2.83. The number of amides is 2. The quantitative estimate of drug-likeness (QED) is 0.841. The molecule has 1 aromatic heterocycles. The lowest BCUT2D eigenvalue weighted by atomic mass is 10.0. The highest BCUT2D eigenvalue weighted by molar-refractivity contribution is 7.12. The van der Waals surface area contributed by atoms with Crippen molar-refractivity contribution >= 4 is 28.8 Å². The molecule has 1 aromatic rings. The molecule has 1 unspecified atom stereocenters. The number of hydrogen-bond acceptors (Lipinski definition) is 4. The Labute approximate surface area is 110 Å². The third-order valence-corrected chi connectivity index (χ3v) is 4.12. The summed E-state index contributed by atoms with van der Waals surface area (Å²) in [4.78, 5) is 26.4. The van der Waals surface area contributed by atoms with Crippen LogP contribution in [0.1, 0.15) is 28.9 Å². The Morgan fingerprint density at radius 3 is 2.89 bits per heavy atom. The van der Waals surface area contributed by atoms with Crippen molar-refractivity contribution in [2.75, 3.05) is 19.3 Å². The maximum Gasteiger partial charge on any atom is 0.266 e. The molecule has 1 fully saturated rings. The number of hydrogen-bond donors (Lipinski definition) is 2. The van der Waals surface area contributed by atoms with Gasteiger partial charge in [-0.15, -0.1) is 11.3 Å². The van der Waals surface area contributed by atoms with Gasteiger partial charge in [-0.25, -0.2) is 0 Å². The van der Waals surface area contributed by atoms with E-state index in [9.17, 15) is 9.59 Å². The van der Waals surface area contributed by atoms with E-state index in [1.165, 1.54) is 11.3 Å². The van der Waals surface area contributed by atoms with Crippen LogP contribution in [0.15, 0.2) is 11.4 Å². The van der Waals surface area contributed by atoms with Gasteiger partial charge in [0.05, 0.1) is 5.69 Å². The summed E-state index contributed by atoms with van der Waals surface area (Å²) in [5.41, 5.74) is 6.26. The molecular weight excluding hydrogens is 250 g/mol. The number of carbonyl (C=O) groups is 2. The number of nitrogen functional groups attached to an aromatic ring is 1. The lowest BCUT2D eigenvalue weighted by molar-refractivity contribution is -0.126. The van der Waals surface area contributed by atoms with Gasteiger partial charge < -0.3 is 16.0 Å². The van der Waals surface area contributed by atoms with E-state index in [0.29, 0.717) is 17.1 Å². The zero-order valence-corrected chi connectivity index (χ0v) is 11.1. The Kier molecular flexibility index (Phi) is 3.86. The first-order valence-corrected chi connectivity index (χ1v) is 6.88. The molecule has 2 rings (SSSR count). The highest BCUT2D eigenvalue weighted by atomic mass is 32.1. The van der Waals surface area contributed by atoms with Crippen LogP contribution in [-0.4, -0.2) is 36.3 Å². The van der Waals surface area contributed by atoms with E-state index in [2.05, 4.69) is 5.32 Å². The number of nitrogens with one attached hydrogen (secondary N) is 1. The largest absolute Gasteiger partial charge is 0.397 e. The Balaban J connectivity index is 2.21. The van der Waals surface area contributed by atoms with Crippen molar-refractivity contribution in [3.05, 3.63) is 16.3 Å². The zero-order chi connectivity index (χ0) is 13.1. The predicted molar refractivity (Wildman–Crippen MR) is 71.5 cm³/mol. The van der Waals surface area contributed by atoms with Gasteiger partial charge in [0, 0.05) is 13.6 Å². The molecular formula is C12H17N3O2S. The van der Waals surface area contributed by atoms with Crippen LogP contribution >= 0.6 is 11.3 Å².